The Bertz CT molecular complexity index is 1840. The third kappa shape index (κ3) is 6.36. The second-order valence-electron chi connectivity index (χ2n) is 9.40. The zero-order chi connectivity index (χ0) is 29.3. The van der Waals surface area contributed by atoms with Gasteiger partial charge in [0.15, 0.2) is 5.17 Å². The van der Waals surface area contributed by atoms with E-state index in [1.54, 1.807) is 60.7 Å². The summed E-state index contributed by atoms with van der Waals surface area (Å²) in [5, 5.41) is 1.46. The lowest BCUT2D eigenvalue weighted by atomic mass is 10.2. The van der Waals surface area contributed by atoms with Gasteiger partial charge in [-0.2, -0.15) is 8.42 Å². The molecule has 0 aromatic heterocycles. The molecule has 0 radical (unpaired) electrons. The summed E-state index contributed by atoms with van der Waals surface area (Å²) >= 11 is 13.9. The van der Waals surface area contributed by atoms with Gasteiger partial charge in [0.2, 0.25) is 0 Å². The van der Waals surface area contributed by atoms with Crippen molar-refractivity contribution < 1.29 is 17.4 Å². The number of amidine groups is 1. The first-order valence-corrected chi connectivity index (χ1v) is 15.4. The van der Waals surface area contributed by atoms with Crippen molar-refractivity contribution in [3.63, 3.8) is 0 Å². The molecule has 5 rings (SSSR count). The topological polar surface area (TPSA) is 76.0 Å². The Morgan fingerprint density at radius 3 is 2.20 bits per heavy atom. The van der Waals surface area contributed by atoms with Crippen molar-refractivity contribution in [3.05, 3.63) is 122 Å². The molecule has 1 heterocycles. The monoisotopic (exact) mass is 622 g/mol. The molecule has 10 heteroatoms. The van der Waals surface area contributed by atoms with E-state index in [2.05, 4.69) is 0 Å². The minimum atomic E-state index is -4.10. The Morgan fingerprint density at radius 1 is 0.854 bits per heavy atom. The summed E-state index contributed by atoms with van der Waals surface area (Å²) in [7, 11) is -4.10. The number of aryl methyl sites for hydroxylation is 3. The van der Waals surface area contributed by atoms with E-state index in [-0.39, 0.29) is 16.6 Å². The standard InChI is InChI=1S/C31H24Cl2N2O4S2/c1-19-8-14-25(15-9-19)41(37,38)39-28-7-5-4-6-22(28)16-29-30(36)35(24-13-11-21(3)27(33)18-24)31(40-29)34-23-12-10-20(2)26(32)17-23/h4-18H,1-3H3/b29-16+,34-31?. The van der Waals surface area contributed by atoms with Crippen LogP contribution < -0.4 is 9.08 Å². The van der Waals surface area contributed by atoms with Crippen molar-refractivity contribution >= 4 is 73.6 Å². The van der Waals surface area contributed by atoms with Crippen molar-refractivity contribution in [2.75, 3.05) is 4.90 Å². The fraction of sp³-hybridized carbons (Fsp3) is 0.0968. The lowest BCUT2D eigenvalue weighted by molar-refractivity contribution is -0.113. The number of para-hydroxylation sites is 1. The minimum Gasteiger partial charge on any atom is -0.378 e. The van der Waals surface area contributed by atoms with Crippen molar-refractivity contribution in [3.8, 4) is 5.75 Å². The summed E-state index contributed by atoms with van der Waals surface area (Å²) in [5.41, 5.74) is 4.25. The largest absolute Gasteiger partial charge is 0.378 e. The highest BCUT2D eigenvalue weighted by Crippen LogP contribution is 2.40. The Kier molecular flexibility index (Phi) is 8.29. The first-order valence-electron chi connectivity index (χ1n) is 12.5. The molecule has 0 unspecified atom stereocenters. The highest BCUT2D eigenvalue weighted by molar-refractivity contribution is 8.19. The summed E-state index contributed by atoms with van der Waals surface area (Å²) in [5.74, 6) is -0.252. The van der Waals surface area contributed by atoms with Gasteiger partial charge < -0.3 is 4.18 Å². The maximum absolute atomic E-state index is 13.8. The van der Waals surface area contributed by atoms with Gasteiger partial charge in [-0.15, -0.1) is 0 Å². The van der Waals surface area contributed by atoms with Crippen LogP contribution in [-0.4, -0.2) is 19.5 Å². The maximum atomic E-state index is 13.8. The molecule has 208 valence electrons. The molecule has 0 N–H and O–H groups in total. The highest BCUT2D eigenvalue weighted by atomic mass is 35.5. The molecule has 1 fully saturated rings. The molecule has 1 aliphatic rings. The molecule has 0 saturated carbocycles. The number of amides is 1. The molecule has 0 atom stereocenters. The number of aliphatic imine (C=N–C) groups is 1. The second kappa shape index (κ2) is 11.7. The predicted octanol–water partition coefficient (Wildman–Crippen LogP) is 8.49. The van der Waals surface area contributed by atoms with Crippen molar-refractivity contribution in [2.24, 2.45) is 4.99 Å². The van der Waals surface area contributed by atoms with Gasteiger partial charge in [-0.1, -0.05) is 71.2 Å². The molecular formula is C31H24Cl2N2O4S2. The predicted molar refractivity (Wildman–Crippen MR) is 168 cm³/mol. The van der Waals surface area contributed by atoms with Crippen LogP contribution in [0, 0.1) is 20.8 Å². The van der Waals surface area contributed by atoms with Crippen LogP contribution >= 0.6 is 35.0 Å². The number of thioether (sulfide) groups is 1. The van der Waals surface area contributed by atoms with E-state index >= 15 is 0 Å². The Balaban J connectivity index is 1.55. The lowest BCUT2D eigenvalue weighted by Crippen LogP contribution is -2.28. The van der Waals surface area contributed by atoms with Crippen molar-refractivity contribution in [1.82, 2.24) is 0 Å². The molecule has 4 aromatic carbocycles. The summed E-state index contributed by atoms with van der Waals surface area (Å²) in [6.45, 7) is 5.64. The first kappa shape index (κ1) is 29.0. The Hall–Kier alpha value is -3.56. The van der Waals surface area contributed by atoms with Gasteiger partial charge in [0, 0.05) is 15.6 Å². The molecule has 0 bridgehead atoms. The van der Waals surface area contributed by atoms with Gasteiger partial charge in [0.1, 0.15) is 10.6 Å². The highest BCUT2D eigenvalue weighted by Gasteiger charge is 2.35. The van der Waals surface area contributed by atoms with E-state index in [4.69, 9.17) is 32.4 Å². The van der Waals surface area contributed by atoms with Gasteiger partial charge in [-0.05, 0) is 92.2 Å². The van der Waals surface area contributed by atoms with Gasteiger partial charge in [-0.3, -0.25) is 9.69 Å². The fourth-order valence-electron chi connectivity index (χ4n) is 3.95. The van der Waals surface area contributed by atoms with Crippen molar-refractivity contribution in [2.45, 2.75) is 25.7 Å². The van der Waals surface area contributed by atoms with E-state index in [0.29, 0.717) is 37.1 Å². The Labute approximate surface area is 253 Å². The summed E-state index contributed by atoms with van der Waals surface area (Å²) in [4.78, 5) is 20.4. The van der Waals surface area contributed by atoms with Crippen LogP contribution in [0.4, 0.5) is 11.4 Å². The van der Waals surface area contributed by atoms with Crippen LogP contribution in [0.25, 0.3) is 6.08 Å². The van der Waals surface area contributed by atoms with Gasteiger partial charge in [0.05, 0.1) is 16.3 Å². The van der Waals surface area contributed by atoms with Gasteiger partial charge in [0.25, 0.3) is 5.91 Å². The Morgan fingerprint density at radius 2 is 1.51 bits per heavy atom. The number of benzene rings is 4. The fourth-order valence-corrected chi connectivity index (χ4v) is 6.24. The van der Waals surface area contributed by atoms with Gasteiger partial charge >= 0.3 is 10.1 Å². The summed E-state index contributed by atoms with van der Waals surface area (Å²) in [6.07, 6.45) is 1.60. The maximum Gasteiger partial charge on any atom is 0.339 e. The second-order valence-corrected chi connectivity index (χ2v) is 12.8. The van der Waals surface area contributed by atoms with E-state index in [0.717, 1.165) is 28.5 Å². The zero-order valence-corrected chi connectivity index (χ0v) is 25.4. The van der Waals surface area contributed by atoms with Crippen LogP contribution in [-0.2, 0) is 14.9 Å². The van der Waals surface area contributed by atoms with E-state index in [1.807, 2.05) is 39.0 Å². The van der Waals surface area contributed by atoms with E-state index < -0.39 is 10.1 Å². The molecule has 0 spiro atoms. The number of hydrogen-bond acceptors (Lipinski definition) is 6. The summed E-state index contributed by atoms with van der Waals surface area (Å²) in [6, 6.07) is 23.8. The van der Waals surface area contributed by atoms with Crippen LogP contribution in [0.15, 0.2) is 99.7 Å². The molecule has 41 heavy (non-hydrogen) atoms. The average molecular weight is 624 g/mol. The molecule has 1 amide bonds. The third-order valence-corrected chi connectivity index (χ3v) is 9.35. The number of rotatable bonds is 6. The van der Waals surface area contributed by atoms with E-state index in [1.165, 1.54) is 17.0 Å². The van der Waals surface area contributed by atoms with Crippen LogP contribution in [0.5, 0.6) is 5.75 Å². The minimum absolute atomic E-state index is 0.0328. The van der Waals surface area contributed by atoms with Gasteiger partial charge in [-0.25, -0.2) is 4.99 Å². The number of nitrogens with zero attached hydrogens (tertiary/aromatic N) is 2. The first-order chi connectivity index (χ1) is 19.5. The molecule has 1 aliphatic heterocycles. The van der Waals surface area contributed by atoms with Crippen molar-refractivity contribution in [1.29, 1.82) is 0 Å². The smallest absolute Gasteiger partial charge is 0.339 e. The number of halogens is 2. The molecule has 1 saturated heterocycles. The number of carbonyl (C=O) groups excluding carboxylic acids is 1. The molecule has 6 nitrogen and oxygen atoms in total. The third-order valence-electron chi connectivity index (χ3n) is 6.31. The summed E-state index contributed by atoms with van der Waals surface area (Å²) < 4.78 is 31.5. The average Bonchev–Trinajstić information content (AvgIpc) is 3.23. The van der Waals surface area contributed by atoms with Crippen LogP contribution in [0.3, 0.4) is 0 Å². The number of carbonyl (C=O) groups is 1. The quantitative estimate of drug-likeness (QED) is 0.159. The molecule has 4 aromatic rings. The van der Waals surface area contributed by atoms with Crippen LogP contribution in [0.2, 0.25) is 10.0 Å². The lowest BCUT2D eigenvalue weighted by Gasteiger charge is -2.16. The van der Waals surface area contributed by atoms with E-state index in [9.17, 15) is 13.2 Å². The number of hydrogen-bond donors (Lipinski definition) is 0. The number of anilines is 1. The normalized spacial score (nSPS) is 15.6. The SMILES string of the molecule is Cc1ccc(S(=O)(=O)Oc2ccccc2/C=C2/SC(=Nc3ccc(C)c(Cl)c3)N(c3ccc(C)c(Cl)c3)C2=O)cc1. The van der Waals surface area contributed by atoms with Crippen LogP contribution in [0.1, 0.15) is 22.3 Å². The molecular weight excluding hydrogens is 599 g/mol. The zero-order valence-electron chi connectivity index (χ0n) is 22.3. The molecule has 0 aliphatic carbocycles.